The Morgan fingerprint density at radius 1 is 1.53 bits per heavy atom. The molecule has 19 heavy (non-hydrogen) atoms. The number of hydrogen-bond acceptors (Lipinski definition) is 4. The molecule has 7 heteroatoms. The van der Waals surface area contributed by atoms with Gasteiger partial charge in [0.1, 0.15) is 6.54 Å². The van der Waals surface area contributed by atoms with Gasteiger partial charge in [-0.1, -0.05) is 5.21 Å². The summed E-state index contributed by atoms with van der Waals surface area (Å²) in [6.07, 6.45) is 3.64. The van der Waals surface area contributed by atoms with Crippen molar-refractivity contribution in [1.82, 2.24) is 19.9 Å². The average Bonchev–Trinajstić information content (AvgIpc) is 3.03. The molecular formula is C12H18N4O3. The second-order valence-corrected chi connectivity index (χ2v) is 5.19. The molecule has 1 fully saturated rings. The van der Waals surface area contributed by atoms with Crippen LogP contribution in [0.5, 0.6) is 0 Å². The molecule has 1 heterocycles. The second kappa shape index (κ2) is 5.38. The van der Waals surface area contributed by atoms with Crippen molar-refractivity contribution in [2.24, 2.45) is 5.92 Å². The minimum absolute atomic E-state index is 0.0329. The van der Waals surface area contributed by atoms with Crippen LogP contribution >= 0.6 is 0 Å². The van der Waals surface area contributed by atoms with Gasteiger partial charge in [-0.25, -0.2) is 9.48 Å². The maximum Gasteiger partial charge on any atom is 0.358 e. The summed E-state index contributed by atoms with van der Waals surface area (Å²) in [5, 5.41) is 15.9. The van der Waals surface area contributed by atoms with Gasteiger partial charge in [0.15, 0.2) is 5.69 Å². The lowest BCUT2D eigenvalue weighted by Gasteiger charge is -2.26. The summed E-state index contributed by atoms with van der Waals surface area (Å²) in [6.45, 7) is 4.76. The Morgan fingerprint density at radius 2 is 2.21 bits per heavy atom. The van der Waals surface area contributed by atoms with Gasteiger partial charge in [0, 0.05) is 12.6 Å². The van der Waals surface area contributed by atoms with Crippen molar-refractivity contribution in [1.29, 1.82) is 0 Å². The Kier molecular flexibility index (Phi) is 3.82. The van der Waals surface area contributed by atoms with E-state index in [0.29, 0.717) is 5.92 Å². The third-order valence-corrected chi connectivity index (χ3v) is 3.15. The molecule has 2 rings (SSSR count). The SMILES string of the molecule is CC(C)N(CC1CC1)C(=O)Cn1cc(C(=O)O)nn1. The minimum atomic E-state index is -1.14. The number of nitrogens with zero attached hydrogens (tertiary/aromatic N) is 4. The van der Waals surface area contributed by atoms with E-state index in [2.05, 4.69) is 10.3 Å². The van der Waals surface area contributed by atoms with Crippen LogP contribution in [0.2, 0.25) is 0 Å². The van der Waals surface area contributed by atoms with Crippen LogP contribution in [0.1, 0.15) is 37.2 Å². The van der Waals surface area contributed by atoms with Gasteiger partial charge in [-0.3, -0.25) is 4.79 Å². The fourth-order valence-electron chi connectivity index (χ4n) is 1.88. The van der Waals surface area contributed by atoms with Crippen molar-refractivity contribution in [3.63, 3.8) is 0 Å². The van der Waals surface area contributed by atoms with E-state index in [4.69, 9.17) is 5.11 Å². The molecule has 0 unspecified atom stereocenters. The second-order valence-electron chi connectivity index (χ2n) is 5.19. The molecule has 7 nitrogen and oxygen atoms in total. The highest BCUT2D eigenvalue weighted by molar-refractivity contribution is 5.84. The monoisotopic (exact) mass is 266 g/mol. The normalized spacial score (nSPS) is 14.7. The molecule has 0 aliphatic heterocycles. The zero-order chi connectivity index (χ0) is 14.0. The lowest BCUT2D eigenvalue weighted by Crippen LogP contribution is -2.40. The van der Waals surface area contributed by atoms with Gasteiger partial charge < -0.3 is 10.0 Å². The number of carboxylic acids is 1. The van der Waals surface area contributed by atoms with Crippen LogP contribution in [0.4, 0.5) is 0 Å². The standard InChI is InChI=1S/C12H18N4O3/c1-8(2)16(5-9-3-4-9)11(17)7-15-6-10(12(18)19)13-14-15/h6,8-9H,3-5,7H2,1-2H3,(H,18,19). The minimum Gasteiger partial charge on any atom is -0.476 e. The van der Waals surface area contributed by atoms with Crippen molar-refractivity contribution in [3.8, 4) is 0 Å². The lowest BCUT2D eigenvalue weighted by molar-refractivity contribution is -0.134. The highest BCUT2D eigenvalue weighted by Crippen LogP contribution is 2.30. The quantitative estimate of drug-likeness (QED) is 0.815. The molecule has 1 aliphatic rings. The van der Waals surface area contributed by atoms with Gasteiger partial charge in [-0.05, 0) is 32.6 Å². The molecule has 0 aromatic carbocycles. The maximum absolute atomic E-state index is 12.2. The molecule has 0 atom stereocenters. The summed E-state index contributed by atoms with van der Waals surface area (Å²) < 4.78 is 1.27. The summed E-state index contributed by atoms with van der Waals surface area (Å²) >= 11 is 0. The third-order valence-electron chi connectivity index (χ3n) is 3.15. The van der Waals surface area contributed by atoms with Gasteiger partial charge in [0.05, 0.1) is 6.20 Å². The van der Waals surface area contributed by atoms with Crippen LogP contribution in [-0.2, 0) is 11.3 Å². The Hall–Kier alpha value is -1.92. The maximum atomic E-state index is 12.2. The van der Waals surface area contributed by atoms with Gasteiger partial charge in [-0.2, -0.15) is 0 Å². The van der Waals surface area contributed by atoms with Crippen molar-refractivity contribution in [2.75, 3.05) is 6.54 Å². The van der Waals surface area contributed by atoms with E-state index in [1.165, 1.54) is 23.7 Å². The first kappa shape index (κ1) is 13.5. The molecule has 0 bridgehead atoms. The van der Waals surface area contributed by atoms with Gasteiger partial charge >= 0.3 is 5.97 Å². The average molecular weight is 266 g/mol. The van der Waals surface area contributed by atoms with E-state index < -0.39 is 5.97 Å². The van der Waals surface area contributed by atoms with Crippen molar-refractivity contribution in [2.45, 2.75) is 39.3 Å². The Balaban J connectivity index is 1.98. The van der Waals surface area contributed by atoms with E-state index in [1.807, 2.05) is 18.7 Å². The molecule has 0 saturated heterocycles. The molecule has 1 aliphatic carbocycles. The summed E-state index contributed by atoms with van der Waals surface area (Å²) in [6, 6.07) is 0.135. The lowest BCUT2D eigenvalue weighted by atomic mass is 10.2. The first-order valence-corrected chi connectivity index (χ1v) is 6.40. The van der Waals surface area contributed by atoms with E-state index in [9.17, 15) is 9.59 Å². The van der Waals surface area contributed by atoms with E-state index in [1.54, 1.807) is 0 Å². The fourth-order valence-corrected chi connectivity index (χ4v) is 1.88. The number of aromatic nitrogens is 3. The zero-order valence-corrected chi connectivity index (χ0v) is 11.1. The first-order chi connectivity index (χ1) is 8.97. The van der Waals surface area contributed by atoms with E-state index >= 15 is 0 Å². The summed E-state index contributed by atoms with van der Waals surface area (Å²) in [4.78, 5) is 24.7. The molecule has 0 spiro atoms. The molecule has 104 valence electrons. The van der Waals surface area contributed by atoms with Crippen molar-refractivity contribution < 1.29 is 14.7 Å². The molecule has 1 aromatic rings. The molecule has 1 saturated carbocycles. The number of carbonyl (C=O) groups excluding carboxylic acids is 1. The molecule has 1 N–H and O–H groups in total. The van der Waals surface area contributed by atoms with Crippen molar-refractivity contribution >= 4 is 11.9 Å². The molecule has 1 amide bonds. The summed E-state index contributed by atoms with van der Waals surface area (Å²) in [7, 11) is 0. The first-order valence-electron chi connectivity index (χ1n) is 6.40. The zero-order valence-electron chi connectivity index (χ0n) is 11.1. The largest absolute Gasteiger partial charge is 0.476 e. The number of carbonyl (C=O) groups is 2. The van der Waals surface area contributed by atoms with Crippen LogP contribution < -0.4 is 0 Å². The number of amides is 1. The topological polar surface area (TPSA) is 88.3 Å². The van der Waals surface area contributed by atoms with Gasteiger partial charge in [-0.15, -0.1) is 5.10 Å². The number of rotatable bonds is 6. The third kappa shape index (κ3) is 3.52. The highest BCUT2D eigenvalue weighted by atomic mass is 16.4. The number of aromatic carboxylic acids is 1. The van der Waals surface area contributed by atoms with Crippen LogP contribution in [-0.4, -0.2) is 49.5 Å². The molecule has 0 radical (unpaired) electrons. The fraction of sp³-hybridized carbons (Fsp3) is 0.667. The molecular weight excluding hydrogens is 248 g/mol. The van der Waals surface area contributed by atoms with Gasteiger partial charge in [0.2, 0.25) is 5.91 Å². The van der Waals surface area contributed by atoms with Gasteiger partial charge in [0.25, 0.3) is 0 Å². The Labute approximate surface area is 111 Å². The van der Waals surface area contributed by atoms with Crippen LogP contribution in [0.3, 0.4) is 0 Å². The molecule has 1 aromatic heterocycles. The van der Waals surface area contributed by atoms with Crippen molar-refractivity contribution in [3.05, 3.63) is 11.9 Å². The smallest absolute Gasteiger partial charge is 0.358 e. The number of carboxylic acid groups (broad SMARTS) is 1. The Morgan fingerprint density at radius 3 is 2.68 bits per heavy atom. The highest BCUT2D eigenvalue weighted by Gasteiger charge is 2.28. The van der Waals surface area contributed by atoms with Crippen LogP contribution in [0.15, 0.2) is 6.20 Å². The van der Waals surface area contributed by atoms with Crippen LogP contribution in [0, 0.1) is 5.92 Å². The predicted molar refractivity (Wildman–Crippen MR) is 66.6 cm³/mol. The summed E-state index contributed by atoms with van der Waals surface area (Å²) in [5.41, 5.74) is -0.147. The van der Waals surface area contributed by atoms with Crippen LogP contribution in [0.25, 0.3) is 0 Å². The predicted octanol–water partition coefficient (Wildman–Crippen LogP) is 0.623. The summed E-state index contributed by atoms with van der Waals surface area (Å²) in [5.74, 6) is -0.571. The Bertz CT molecular complexity index is 479. The number of hydrogen-bond donors (Lipinski definition) is 1. The van der Waals surface area contributed by atoms with E-state index in [0.717, 1.165) is 6.54 Å². The van der Waals surface area contributed by atoms with E-state index in [-0.39, 0.29) is 24.2 Å².